The van der Waals surface area contributed by atoms with Crippen molar-refractivity contribution in [1.29, 1.82) is 0 Å². The van der Waals surface area contributed by atoms with Gasteiger partial charge in [-0.15, -0.1) is 0 Å². The third kappa shape index (κ3) is 9.18. The summed E-state index contributed by atoms with van der Waals surface area (Å²) >= 11 is 0. The van der Waals surface area contributed by atoms with Gasteiger partial charge < -0.3 is 0 Å². The van der Waals surface area contributed by atoms with Gasteiger partial charge in [0.2, 0.25) is 0 Å². The van der Waals surface area contributed by atoms with Gasteiger partial charge in [-0.2, -0.15) is 0 Å². The molecule has 124 heavy (non-hydrogen) atoms. The first-order valence-corrected chi connectivity index (χ1v) is 42.5. The van der Waals surface area contributed by atoms with Gasteiger partial charge in [0.1, 0.15) is 22.5 Å². The molecule has 8 aliphatic carbocycles. The summed E-state index contributed by atoms with van der Waals surface area (Å²) in [5.74, 6) is 0. The molecule has 32 rings (SSSR count). The van der Waals surface area contributed by atoms with Gasteiger partial charge in [0.05, 0.1) is 97.9 Å². The number of aromatic nitrogens is 16. The van der Waals surface area contributed by atoms with Crippen LogP contribution in [0.2, 0.25) is 0 Å². The molecule has 0 bridgehead atoms. The molecule has 8 aliphatic rings. The van der Waals surface area contributed by atoms with Crippen molar-refractivity contribution < 1.29 is 0 Å². The summed E-state index contributed by atoms with van der Waals surface area (Å²) in [5.41, 5.74) is 52.6. The Morgan fingerprint density at radius 1 is 0.185 bits per heavy atom. The topological polar surface area (TPSA) is 172 Å². The normalized spacial score (nSPS) is 13.5. The van der Waals surface area contributed by atoms with Gasteiger partial charge in [-0.1, -0.05) is 127 Å². The zero-order valence-corrected chi connectivity index (χ0v) is 66.5. The van der Waals surface area contributed by atoms with Crippen LogP contribution in [0, 0.1) is 0 Å². The van der Waals surface area contributed by atoms with E-state index in [0.717, 1.165) is 173 Å². The molecular weight excluding hydrogens is 1520 g/mol. The lowest BCUT2D eigenvalue weighted by Gasteiger charge is -2.11. The van der Waals surface area contributed by atoms with E-state index < -0.39 is 0 Å². The van der Waals surface area contributed by atoms with Gasteiger partial charge in [-0.05, 0) is 221 Å². The second kappa shape index (κ2) is 24.7. The van der Waals surface area contributed by atoms with Gasteiger partial charge in [0.25, 0.3) is 0 Å². The fraction of sp³-hybridized carbons (Fsp3) is 0.0741. The molecule has 0 N–H and O–H groups in total. The number of pyridine rings is 12. The van der Waals surface area contributed by atoms with Crippen molar-refractivity contribution in [2.45, 2.75) is 51.4 Å². The van der Waals surface area contributed by atoms with Crippen LogP contribution in [0.25, 0.3) is 199 Å². The summed E-state index contributed by atoms with van der Waals surface area (Å²) in [6.07, 6.45) is 34.1. The third-order valence-electron chi connectivity index (χ3n) is 27.8. The summed E-state index contributed by atoms with van der Waals surface area (Å²) < 4.78 is 9.21. The highest BCUT2D eigenvalue weighted by atomic mass is 15.1. The second-order valence-corrected chi connectivity index (χ2v) is 34.2. The van der Waals surface area contributed by atoms with Crippen molar-refractivity contribution in [3.05, 3.63) is 383 Å². The molecule has 0 atom stereocenters. The fourth-order valence-electron chi connectivity index (χ4n) is 22.6. The molecule has 0 amide bonds. The largest absolute Gasteiger partial charge is 0.290 e. The van der Waals surface area contributed by atoms with E-state index in [1.807, 2.05) is 98.9 Å². The smallest absolute Gasteiger partial charge is 0.164 e. The Morgan fingerprint density at radius 2 is 0.492 bits per heavy atom. The summed E-state index contributed by atoms with van der Waals surface area (Å²) in [4.78, 5) is 56.5. The number of imidazole rings is 4. The number of rotatable bonds is 0. The van der Waals surface area contributed by atoms with E-state index in [0.29, 0.717) is 0 Å². The van der Waals surface area contributed by atoms with Crippen LogP contribution in [0.1, 0.15) is 89.5 Å². The van der Waals surface area contributed by atoms with E-state index in [-0.39, 0.29) is 0 Å². The molecule has 24 aromatic rings. The highest BCUT2D eigenvalue weighted by Crippen LogP contribution is 2.53. The van der Waals surface area contributed by atoms with Crippen LogP contribution in [0.15, 0.2) is 293 Å². The zero-order chi connectivity index (χ0) is 80.4. The van der Waals surface area contributed by atoms with Crippen LogP contribution < -0.4 is 0 Å². The second-order valence-electron chi connectivity index (χ2n) is 34.2. The van der Waals surface area contributed by atoms with Gasteiger partial charge in [0.15, 0.2) is 5.65 Å². The zero-order valence-electron chi connectivity index (χ0n) is 66.5. The van der Waals surface area contributed by atoms with Crippen molar-refractivity contribution in [2.24, 2.45) is 0 Å². The van der Waals surface area contributed by atoms with Crippen molar-refractivity contribution in [1.82, 2.24) is 77.4 Å². The van der Waals surface area contributed by atoms with E-state index >= 15 is 0 Å². The Morgan fingerprint density at radius 3 is 0.927 bits per heavy atom. The van der Waals surface area contributed by atoms with E-state index in [1.165, 1.54) is 167 Å². The molecule has 576 valence electrons. The van der Waals surface area contributed by atoms with E-state index in [9.17, 15) is 0 Å². The molecule has 16 heterocycles. The van der Waals surface area contributed by atoms with Crippen molar-refractivity contribution >= 4 is 110 Å². The minimum absolute atomic E-state index is 0.867. The molecule has 0 saturated heterocycles. The summed E-state index contributed by atoms with van der Waals surface area (Å²) in [7, 11) is 0. The standard InChI is InChI=1S/4C27H16N4/c1-2-5-18-15(4-1)10-16-11-17-12-23-26(22(17)13-21(16)18)31-24-14-28-9-7-19(24)25-20(27(31)30-23)6-3-8-29-25;1-2-5-18-15(4-1)10-16-11-17-12-23-26(22(17)13-21(16)18)31-24-14-28-9-7-19(24)20-6-3-8-29-25(20)27(31)30-23;1-2-4-18-15(3-1)9-16-10-17-11-24-26(22(17)12-21(16)18)31-25-14-29-7-5-19(25)23-13-28-8-6-20(23)27(31)30-24;1-2-4-18-15(3-1)9-16-10-17-11-24-26(22(17)12-21(16)18)31-25-14-29-8-6-20(25)19-5-7-28-13-23(19)27(31)30-24/h2*1-9,11,13-14H,10,12H2;2*1-8,10,12-14H,9,11H2. The minimum Gasteiger partial charge on any atom is -0.290 e. The SMILES string of the molecule is c1ccc2c(c1)Cc1cc3c(cc1-2)-c1c(nc2c4cccnc4c4ccncc4n12)C3.c1ccc2c(c1)Cc1cc3c(cc1-2)-c1c(nc2c4ccncc4c4ccncc4n12)C3.c1ccc2c(c1)Cc1cc3c(cc1-2)-c1c(nc2c4cnccc4c4ccncc4n12)C3.c1ccc2c(c1)Cc1cc3c(cc1-2)-c1c(nc2c4ncccc4c4ccncc4n12)C3. The van der Waals surface area contributed by atoms with Gasteiger partial charge in [-0.25, -0.2) is 19.9 Å². The Balaban J connectivity index is 0.0000000828. The number of hydrogen-bond acceptors (Lipinski definition) is 12. The van der Waals surface area contributed by atoms with Crippen LogP contribution in [-0.4, -0.2) is 77.4 Å². The summed E-state index contributed by atoms with van der Waals surface area (Å²) in [6.45, 7) is 0. The molecule has 0 fully saturated rings. The van der Waals surface area contributed by atoms with Gasteiger partial charge in [-0.3, -0.25) is 57.5 Å². The van der Waals surface area contributed by atoms with Crippen LogP contribution in [0.5, 0.6) is 0 Å². The quantitative estimate of drug-likeness (QED) is 0.132. The number of hydrogen-bond donors (Lipinski definition) is 0. The molecule has 16 nitrogen and oxygen atoms in total. The average molecular weight is 1590 g/mol. The Kier molecular flexibility index (Phi) is 13.3. The molecule has 16 heteroatoms. The van der Waals surface area contributed by atoms with Crippen LogP contribution in [0.4, 0.5) is 0 Å². The number of nitrogens with zero attached hydrogens (tertiary/aromatic N) is 16. The lowest BCUT2D eigenvalue weighted by atomic mass is 9.99. The first-order valence-electron chi connectivity index (χ1n) is 42.5. The molecule has 0 saturated carbocycles. The molecule has 0 radical (unpaired) electrons. The molecular formula is C108H64N16. The average Bonchev–Trinajstić information content (AvgIpc) is 1.55. The third-order valence-corrected chi connectivity index (χ3v) is 27.8. The maximum absolute atomic E-state index is 5.14. The Hall–Kier alpha value is -16.2. The fourth-order valence-corrected chi connectivity index (χ4v) is 22.6. The molecule has 0 spiro atoms. The van der Waals surface area contributed by atoms with Gasteiger partial charge >= 0.3 is 0 Å². The van der Waals surface area contributed by atoms with Crippen molar-refractivity contribution in [3.63, 3.8) is 0 Å². The number of fused-ring (bicyclic) bond motifs is 52. The summed E-state index contributed by atoms with van der Waals surface area (Å²) in [6, 6.07) is 75.0. The highest BCUT2D eigenvalue weighted by Gasteiger charge is 2.36. The van der Waals surface area contributed by atoms with E-state index in [1.54, 1.807) is 0 Å². The Bertz CT molecular complexity index is 8010. The van der Waals surface area contributed by atoms with Crippen LogP contribution in [0.3, 0.4) is 0 Å². The van der Waals surface area contributed by atoms with Crippen LogP contribution in [-0.2, 0) is 51.4 Å². The van der Waals surface area contributed by atoms with Crippen molar-refractivity contribution in [2.75, 3.05) is 0 Å². The molecule has 0 unspecified atom stereocenters. The number of benzene rings is 8. The Labute approximate surface area is 706 Å². The highest BCUT2D eigenvalue weighted by molar-refractivity contribution is 6.16. The van der Waals surface area contributed by atoms with Crippen molar-refractivity contribution in [3.8, 4) is 89.5 Å². The van der Waals surface area contributed by atoms with E-state index in [4.69, 9.17) is 24.9 Å². The predicted molar refractivity (Wildman–Crippen MR) is 489 cm³/mol. The maximum Gasteiger partial charge on any atom is 0.164 e. The first-order chi connectivity index (χ1) is 61.5. The maximum atomic E-state index is 5.14. The molecule has 16 aromatic heterocycles. The lowest BCUT2D eigenvalue weighted by molar-refractivity contribution is 1.15. The van der Waals surface area contributed by atoms with Crippen LogP contribution >= 0.6 is 0 Å². The monoisotopic (exact) mass is 1580 g/mol. The van der Waals surface area contributed by atoms with E-state index in [2.05, 4.69) is 247 Å². The van der Waals surface area contributed by atoms with Gasteiger partial charge in [0, 0.05) is 158 Å². The summed E-state index contributed by atoms with van der Waals surface area (Å²) in [5, 5.41) is 11.3. The molecule has 8 aromatic carbocycles. The lowest BCUT2D eigenvalue weighted by Crippen LogP contribution is -1.96. The minimum atomic E-state index is 0.867. The molecule has 0 aliphatic heterocycles. The first kappa shape index (κ1) is 66.7. The predicted octanol–water partition coefficient (Wildman–Crippen LogP) is 22.3.